The van der Waals surface area contributed by atoms with Gasteiger partial charge in [0, 0.05) is 17.1 Å². The van der Waals surface area contributed by atoms with Gasteiger partial charge in [-0.15, -0.1) is 0 Å². The Bertz CT molecular complexity index is 1120. The molecule has 0 saturated heterocycles. The summed E-state index contributed by atoms with van der Waals surface area (Å²) in [7, 11) is 1.61. The van der Waals surface area contributed by atoms with Crippen molar-refractivity contribution in [3.63, 3.8) is 0 Å². The minimum absolute atomic E-state index is 0.291. The van der Waals surface area contributed by atoms with E-state index in [4.69, 9.17) is 9.26 Å². The van der Waals surface area contributed by atoms with E-state index in [1.54, 1.807) is 38.3 Å². The van der Waals surface area contributed by atoms with Crippen molar-refractivity contribution in [2.75, 3.05) is 12.4 Å². The van der Waals surface area contributed by atoms with Crippen molar-refractivity contribution < 1.29 is 14.1 Å². The molecule has 0 saturated carbocycles. The van der Waals surface area contributed by atoms with Gasteiger partial charge >= 0.3 is 0 Å². The largest absolute Gasteiger partial charge is 0.497 e. The zero-order chi connectivity index (χ0) is 19.5. The number of carbonyl (C=O) groups is 1. The van der Waals surface area contributed by atoms with Gasteiger partial charge in [0.25, 0.3) is 11.8 Å². The Morgan fingerprint density at radius 1 is 1.11 bits per heavy atom. The van der Waals surface area contributed by atoms with Gasteiger partial charge in [0.15, 0.2) is 11.6 Å². The van der Waals surface area contributed by atoms with Crippen molar-refractivity contribution in [1.82, 2.24) is 19.5 Å². The second kappa shape index (κ2) is 7.57. The summed E-state index contributed by atoms with van der Waals surface area (Å²) < 4.78 is 14.7. The molecule has 28 heavy (non-hydrogen) atoms. The molecule has 140 valence electrons. The molecule has 2 heterocycles. The summed E-state index contributed by atoms with van der Waals surface area (Å²) in [5, 5.41) is 6.95. The number of methoxy groups -OCH3 is 1. The van der Waals surface area contributed by atoms with Gasteiger partial charge < -0.3 is 9.26 Å². The van der Waals surface area contributed by atoms with Gasteiger partial charge in [-0.25, -0.2) is 0 Å². The Hall–Kier alpha value is -3.59. The van der Waals surface area contributed by atoms with Gasteiger partial charge in [-0.3, -0.25) is 10.1 Å². The number of ether oxygens (including phenoxy) is 1. The van der Waals surface area contributed by atoms with Crippen molar-refractivity contribution in [3.8, 4) is 28.6 Å². The number of benzene rings is 2. The first kappa shape index (κ1) is 17.8. The summed E-state index contributed by atoms with van der Waals surface area (Å²) in [4.78, 5) is 21.4. The third-order valence-corrected chi connectivity index (χ3v) is 4.55. The van der Waals surface area contributed by atoms with Crippen LogP contribution in [0.4, 0.5) is 5.13 Å². The molecule has 1 amide bonds. The molecule has 2 aromatic carbocycles. The standard InChI is InChI=1S/C19H15N5O3S/c1-11-20-18(27-23-11)15-6-4-3-5-14(15)17(25)22-19-21-16(24-28-19)12-7-9-13(26-2)10-8-12/h3-10H,1-2H3,(H,21,22,24,25). The second-order valence-corrected chi connectivity index (χ2v) is 6.55. The molecule has 0 fully saturated rings. The third-order valence-electron chi connectivity index (χ3n) is 3.92. The zero-order valence-corrected chi connectivity index (χ0v) is 15.9. The molecule has 0 unspecified atom stereocenters. The van der Waals surface area contributed by atoms with Crippen LogP contribution in [0.1, 0.15) is 16.2 Å². The summed E-state index contributed by atoms with van der Waals surface area (Å²) in [5.41, 5.74) is 1.80. The minimum Gasteiger partial charge on any atom is -0.497 e. The van der Waals surface area contributed by atoms with Crippen LogP contribution < -0.4 is 10.1 Å². The summed E-state index contributed by atoms with van der Waals surface area (Å²) in [6, 6.07) is 14.4. The van der Waals surface area contributed by atoms with Crippen LogP contribution in [-0.4, -0.2) is 32.5 Å². The Balaban J connectivity index is 1.56. The van der Waals surface area contributed by atoms with Gasteiger partial charge in [-0.2, -0.15) is 14.3 Å². The van der Waals surface area contributed by atoms with Gasteiger partial charge in [0.05, 0.1) is 18.2 Å². The predicted octanol–water partition coefficient (Wildman–Crippen LogP) is 3.82. The number of amides is 1. The van der Waals surface area contributed by atoms with Crippen LogP contribution in [0.5, 0.6) is 5.75 Å². The maximum atomic E-state index is 12.8. The Labute approximate surface area is 164 Å². The molecule has 4 aromatic rings. The highest BCUT2D eigenvalue weighted by Crippen LogP contribution is 2.26. The average molecular weight is 393 g/mol. The molecule has 2 aromatic heterocycles. The van der Waals surface area contributed by atoms with E-state index >= 15 is 0 Å². The molecular weight excluding hydrogens is 378 g/mol. The molecule has 8 nitrogen and oxygen atoms in total. The molecule has 9 heteroatoms. The van der Waals surface area contributed by atoms with E-state index in [0.29, 0.717) is 33.8 Å². The first-order valence-electron chi connectivity index (χ1n) is 8.33. The Kier molecular flexibility index (Phi) is 4.81. The number of hydrogen-bond acceptors (Lipinski definition) is 8. The molecular formula is C19H15N5O3S. The number of aromatic nitrogens is 4. The van der Waals surface area contributed by atoms with E-state index in [0.717, 1.165) is 22.8 Å². The van der Waals surface area contributed by atoms with Gasteiger partial charge in [0.1, 0.15) is 5.75 Å². The minimum atomic E-state index is -0.330. The van der Waals surface area contributed by atoms with Crippen molar-refractivity contribution in [3.05, 3.63) is 59.9 Å². The highest BCUT2D eigenvalue weighted by molar-refractivity contribution is 7.10. The topological polar surface area (TPSA) is 103 Å². The van der Waals surface area contributed by atoms with E-state index in [9.17, 15) is 4.79 Å². The summed E-state index contributed by atoms with van der Waals surface area (Å²) in [5.74, 6) is 1.74. The van der Waals surface area contributed by atoms with Crippen molar-refractivity contribution in [2.45, 2.75) is 6.92 Å². The molecule has 4 rings (SSSR count). The van der Waals surface area contributed by atoms with E-state index < -0.39 is 0 Å². The average Bonchev–Trinajstić information content (AvgIpc) is 3.37. The molecule has 0 aliphatic rings. The lowest BCUT2D eigenvalue weighted by Gasteiger charge is -2.05. The number of carbonyl (C=O) groups excluding carboxylic acids is 1. The van der Waals surface area contributed by atoms with Gasteiger partial charge in [0.2, 0.25) is 5.13 Å². The zero-order valence-electron chi connectivity index (χ0n) is 15.0. The third kappa shape index (κ3) is 3.60. The lowest BCUT2D eigenvalue weighted by molar-refractivity contribution is 0.102. The van der Waals surface area contributed by atoms with E-state index in [2.05, 4.69) is 24.8 Å². The van der Waals surface area contributed by atoms with E-state index in [1.807, 2.05) is 24.3 Å². The van der Waals surface area contributed by atoms with Gasteiger partial charge in [-0.05, 0) is 43.3 Å². The number of nitrogens with one attached hydrogen (secondary N) is 1. The number of nitrogens with zero attached hydrogens (tertiary/aromatic N) is 4. The van der Waals surface area contributed by atoms with Crippen molar-refractivity contribution in [1.29, 1.82) is 0 Å². The van der Waals surface area contributed by atoms with Crippen LogP contribution in [0.2, 0.25) is 0 Å². The maximum absolute atomic E-state index is 12.8. The fraction of sp³-hybridized carbons (Fsp3) is 0.105. The molecule has 0 atom stereocenters. The van der Waals surface area contributed by atoms with E-state index in [1.165, 1.54) is 0 Å². The molecule has 0 spiro atoms. The fourth-order valence-corrected chi connectivity index (χ4v) is 3.15. The monoisotopic (exact) mass is 393 g/mol. The van der Waals surface area contributed by atoms with Crippen LogP contribution in [0.15, 0.2) is 53.1 Å². The number of rotatable bonds is 5. The molecule has 0 aliphatic heterocycles. The van der Waals surface area contributed by atoms with Crippen LogP contribution in [-0.2, 0) is 0 Å². The molecule has 1 N–H and O–H groups in total. The van der Waals surface area contributed by atoms with Crippen LogP contribution in [0, 0.1) is 6.92 Å². The second-order valence-electron chi connectivity index (χ2n) is 5.80. The summed E-state index contributed by atoms with van der Waals surface area (Å²) in [6.07, 6.45) is 0. The first-order chi connectivity index (χ1) is 13.6. The predicted molar refractivity (Wildman–Crippen MR) is 104 cm³/mol. The normalized spacial score (nSPS) is 10.6. The summed E-state index contributed by atoms with van der Waals surface area (Å²) >= 11 is 1.11. The number of hydrogen-bond donors (Lipinski definition) is 1. The van der Waals surface area contributed by atoms with E-state index in [-0.39, 0.29) is 5.91 Å². The highest BCUT2D eigenvalue weighted by atomic mass is 32.1. The molecule has 0 bridgehead atoms. The van der Waals surface area contributed by atoms with Gasteiger partial charge in [-0.1, -0.05) is 17.3 Å². The quantitative estimate of drug-likeness (QED) is 0.550. The number of anilines is 1. The van der Waals surface area contributed by atoms with Crippen molar-refractivity contribution >= 4 is 22.6 Å². The smallest absolute Gasteiger partial charge is 0.258 e. The lowest BCUT2D eigenvalue weighted by Crippen LogP contribution is -2.13. The van der Waals surface area contributed by atoms with Crippen LogP contribution in [0.3, 0.4) is 0 Å². The Morgan fingerprint density at radius 3 is 2.61 bits per heavy atom. The molecule has 0 aliphatic carbocycles. The Morgan fingerprint density at radius 2 is 1.89 bits per heavy atom. The fourth-order valence-electron chi connectivity index (χ4n) is 2.57. The van der Waals surface area contributed by atoms with Crippen LogP contribution >= 0.6 is 11.5 Å². The maximum Gasteiger partial charge on any atom is 0.258 e. The summed E-state index contributed by atoms with van der Waals surface area (Å²) in [6.45, 7) is 1.72. The highest BCUT2D eigenvalue weighted by Gasteiger charge is 2.18. The lowest BCUT2D eigenvalue weighted by atomic mass is 10.1. The first-order valence-corrected chi connectivity index (χ1v) is 9.10. The molecule has 0 radical (unpaired) electrons. The van der Waals surface area contributed by atoms with Crippen molar-refractivity contribution in [2.24, 2.45) is 0 Å². The SMILES string of the molecule is COc1ccc(-c2nsc(NC(=O)c3ccccc3-c3nc(C)no3)n2)cc1. The number of aryl methyl sites for hydroxylation is 1. The van der Waals surface area contributed by atoms with Crippen LogP contribution in [0.25, 0.3) is 22.8 Å².